The molecule has 0 aromatic carbocycles. The van der Waals surface area contributed by atoms with E-state index in [-0.39, 0.29) is 0 Å². The van der Waals surface area contributed by atoms with Crippen molar-refractivity contribution in [2.75, 3.05) is 41.0 Å². The van der Waals surface area contributed by atoms with Gasteiger partial charge in [0.05, 0.1) is 25.8 Å². The predicted octanol–water partition coefficient (Wildman–Crippen LogP) is 1.22. The Hall–Kier alpha value is -1.44. The van der Waals surface area contributed by atoms with Gasteiger partial charge in [-0.2, -0.15) is 0 Å². The zero-order chi connectivity index (χ0) is 15.7. The second-order valence-electron chi connectivity index (χ2n) is 4.48. The highest BCUT2D eigenvalue weighted by Gasteiger charge is 2.15. The van der Waals surface area contributed by atoms with E-state index in [9.17, 15) is 0 Å². The molecule has 0 atom stereocenters. The van der Waals surface area contributed by atoms with E-state index < -0.39 is 0 Å². The normalized spacial score (nSPS) is 10.7. The minimum absolute atomic E-state index is 0.503. The number of aromatic nitrogens is 1. The number of nitrogens with zero attached hydrogens (tertiary/aromatic N) is 2. The summed E-state index contributed by atoms with van der Waals surface area (Å²) in [5.74, 6) is 1.32. The summed E-state index contributed by atoms with van der Waals surface area (Å²) in [4.78, 5) is 7.06. The fourth-order valence-corrected chi connectivity index (χ4v) is 2.02. The molecule has 1 heterocycles. The third kappa shape index (κ3) is 5.82. The first-order chi connectivity index (χ1) is 10.1. The first kappa shape index (κ1) is 17.6. The number of pyridine rings is 1. The molecule has 1 rings (SSSR count). The lowest BCUT2D eigenvalue weighted by Gasteiger charge is -2.22. The minimum Gasteiger partial charge on any atom is -0.493 e. The average Bonchev–Trinajstić information content (AvgIpc) is 2.49. The molecule has 1 aromatic heterocycles. The van der Waals surface area contributed by atoms with Gasteiger partial charge in [-0.15, -0.1) is 0 Å². The summed E-state index contributed by atoms with van der Waals surface area (Å²) in [6.07, 6.45) is 2.37. The summed E-state index contributed by atoms with van der Waals surface area (Å²) in [5, 5.41) is 0. The van der Waals surface area contributed by atoms with Crippen molar-refractivity contribution >= 4 is 17.2 Å². The highest BCUT2D eigenvalue weighted by Crippen LogP contribution is 2.29. The van der Waals surface area contributed by atoms with Crippen molar-refractivity contribution in [3.63, 3.8) is 0 Å². The van der Waals surface area contributed by atoms with Crippen molar-refractivity contribution in [1.29, 1.82) is 0 Å². The largest absolute Gasteiger partial charge is 0.493 e. The molecule has 2 N–H and O–H groups in total. The Balaban J connectivity index is 2.83. The van der Waals surface area contributed by atoms with Crippen molar-refractivity contribution in [2.24, 2.45) is 5.73 Å². The van der Waals surface area contributed by atoms with Gasteiger partial charge in [0.1, 0.15) is 5.69 Å². The third-order valence-electron chi connectivity index (χ3n) is 3.03. The summed E-state index contributed by atoms with van der Waals surface area (Å²) in [7, 11) is 4.89. The molecule has 6 nitrogen and oxygen atoms in total. The van der Waals surface area contributed by atoms with Crippen LogP contribution in [0.2, 0.25) is 0 Å². The van der Waals surface area contributed by atoms with Crippen LogP contribution in [0.25, 0.3) is 0 Å². The van der Waals surface area contributed by atoms with Gasteiger partial charge >= 0.3 is 0 Å². The number of methoxy groups -OCH3 is 3. The molecule has 0 fully saturated rings. The van der Waals surface area contributed by atoms with E-state index in [1.54, 1.807) is 33.6 Å². The van der Waals surface area contributed by atoms with Crippen LogP contribution in [0.1, 0.15) is 12.1 Å². The molecule has 0 saturated carbocycles. The van der Waals surface area contributed by atoms with Crippen LogP contribution < -0.4 is 15.2 Å². The molecule has 0 aliphatic carbocycles. The second kappa shape index (κ2) is 9.49. The van der Waals surface area contributed by atoms with Crippen molar-refractivity contribution < 1.29 is 14.2 Å². The van der Waals surface area contributed by atoms with Crippen molar-refractivity contribution in [2.45, 2.75) is 13.0 Å². The van der Waals surface area contributed by atoms with Crippen LogP contribution in [0.5, 0.6) is 11.5 Å². The number of thiocarbonyl (C=S) groups is 1. The number of rotatable bonds is 10. The van der Waals surface area contributed by atoms with Gasteiger partial charge in [0.25, 0.3) is 0 Å². The number of nitrogens with two attached hydrogens (primary N) is 1. The average molecular weight is 313 g/mol. The molecule has 0 aliphatic heterocycles. The van der Waals surface area contributed by atoms with E-state index in [0.29, 0.717) is 36.1 Å². The lowest BCUT2D eigenvalue weighted by atomic mass is 10.2. The van der Waals surface area contributed by atoms with Gasteiger partial charge in [-0.25, -0.2) is 0 Å². The Morgan fingerprint density at radius 3 is 2.62 bits per heavy atom. The molecular formula is C14H23N3O3S. The SMILES string of the molecule is COCCN(CCC(N)=S)Cc1nccc(OC)c1OC. The molecule has 0 radical (unpaired) electrons. The molecule has 0 aliphatic rings. The number of hydrogen-bond acceptors (Lipinski definition) is 6. The maximum absolute atomic E-state index is 5.58. The number of hydrogen-bond donors (Lipinski definition) is 1. The highest BCUT2D eigenvalue weighted by atomic mass is 32.1. The molecule has 0 amide bonds. The van der Waals surface area contributed by atoms with E-state index in [4.69, 9.17) is 32.2 Å². The minimum atomic E-state index is 0.503. The highest BCUT2D eigenvalue weighted by molar-refractivity contribution is 7.80. The molecule has 0 saturated heterocycles. The molecule has 21 heavy (non-hydrogen) atoms. The van der Waals surface area contributed by atoms with Crippen LogP contribution in [0.3, 0.4) is 0 Å². The van der Waals surface area contributed by atoms with E-state index in [2.05, 4.69) is 9.88 Å². The molecule has 118 valence electrons. The predicted molar refractivity (Wildman–Crippen MR) is 85.9 cm³/mol. The van der Waals surface area contributed by atoms with E-state index in [1.165, 1.54) is 0 Å². The quantitative estimate of drug-likeness (QED) is 0.651. The van der Waals surface area contributed by atoms with Crippen molar-refractivity contribution in [3.05, 3.63) is 18.0 Å². The monoisotopic (exact) mass is 313 g/mol. The van der Waals surface area contributed by atoms with Gasteiger partial charge in [-0.3, -0.25) is 9.88 Å². The van der Waals surface area contributed by atoms with Gasteiger partial charge in [0.2, 0.25) is 0 Å². The lowest BCUT2D eigenvalue weighted by Crippen LogP contribution is -2.30. The van der Waals surface area contributed by atoms with E-state index in [0.717, 1.165) is 18.8 Å². The Kier molecular flexibility index (Phi) is 7.96. The third-order valence-corrected chi connectivity index (χ3v) is 3.23. The second-order valence-corrected chi connectivity index (χ2v) is 5.00. The van der Waals surface area contributed by atoms with Gasteiger partial charge in [0.15, 0.2) is 11.5 Å². The van der Waals surface area contributed by atoms with Gasteiger partial charge < -0.3 is 19.9 Å². The topological polar surface area (TPSA) is 69.8 Å². The molecule has 1 aromatic rings. The molecule has 0 spiro atoms. The summed E-state index contributed by atoms with van der Waals surface area (Å²) in [5.41, 5.74) is 6.39. The Labute approximate surface area is 131 Å². The molecule has 0 bridgehead atoms. The zero-order valence-corrected chi connectivity index (χ0v) is 13.6. The standard InChI is InChI=1S/C14H23N3O3S/c1-18-9-8-17(7-5-13(15)21)10-11-14(20-3)12(19-2)4-6-16-11/h4,6H,5,7-10H2,1-3H3,(H2,15,21). The van der Waals surface area contributed by atoms with Crippen molar-refractivity contribution in [1.82, 2.24) is 9.88 Å². The fourth-order valence-electron chi connectivity index (χ4n) is 1.93. The Bertz CT molecular complexity index is 457. The van der Waals surface area contributed by atoms with Gasteiger partial charge in [-0.05, 0) is 0 Å². The van der Waals surface area contributed by atoms with Crippen molar-refractivity contribution in [3.8, 4) is 11.5 Å². The zero-order valence-electron chi connectivity index (χ0n) is 12.8. The van der Waals surface area contributed by atoms with Crippen LogP contribution in [0.4, 0.5) is 0 Å². The molecular weight excluding hydrogens is 290 g/mol. The summed E-state index contributed by atoms with van der Waals surface area (Å²) < 4.78 is 15.8. The molecule has 7 heteroatoms. The van der Waals surface area contributed by atoms with Crippen LogP contribution >= 0.6 is 12.2 Å². The summed E-state index contributed by atoms with van der Waals surface area (Å²) in [6.45, 7) is 2.76. The van der Waals surface area contributed by atoms with Crippen LogP contribution in [-0.2, 0) is 11.3 Å². The van der Waals surface area contributed by atoms with Gasteiger partial charge in [-0.1, -0.05) is 12.2 Å². The van der Waals surface area contributed by atoms with Crippen LogP contribution in [0.15, 0.2) is 12.3 Å². The lowest BCUT2D eigenvalue weighted by molar-refractivity contribution is 0.144. The van der Waals surface area contributed by atoms with E-state index >= 15 is 0 Å². The fraction of sp³-hybridized carbons (Fsp3) is 0.571. The van der Waals surface area contributed by atoms with Crippen LogP contribution in [0, 0.1) is 0 Å². The maximum atomic E-state index is 5.58. The Morgan fingerprint density at radius 1 is 1.29 bits per heavy atom. The van der Waals surface area contributed by atoms with Gasteiger partial charge in [0, 0.05) is 45.4 Å². The summed E-state index contributed by atoms with van der Waals surface area (Å²) in [6, 6.07) is 1.77. The first-order valence-corrected chi connectivity index (χ1v) is 7.08. The van der Waals surface area contributed by atoms with Crippen LogP contribution in [-0.4, -0.2) is 55.9 Å². The summed E-state index contributed by atoms with van der Waals surface area (Å²) >= 11 is 4.94. The molecule has 0 unspecified atom stereocenters. The first-order valence-electron chi connectivity index (χ1n) is 6.67. The Morgan fingerprint density at radius 2 is 2.05 bits per heavy atom. The number of ether oxygens (including phenoxy) is 3. The smallest absolute Gasteiger partial charge is 0.183 e. The maximum Gasteiger partial charge on any atom is 0.183 e. The van der Waals surface area contributed by atoms with E-state index in [1.807, 2.05) is 0 Å².